The summed E-state index contributed by atoms with van der Waals surface area (Å²) < 4.78 is 0. The summed E-state index contributed by atoms with van der Waals surface area (Å²) in [6, 6.07) is 14.8. The summed E-state index contributed by atoms with van der Waals surface area (Å²) in [5, 5.41) is 6.74. The molecule has 1 aromatic carbocycles. The highest BCUT2D eigenvalue weighted by Crippen LogP contribution is 2.10. The van der Waals surface area contributed by atoms with Gasteiger partial charge in [0.05, 0.1) is 5.56 Å². The van der Waals surface area contributed by atoms with E-state index in [2.05, 4.69) is 20.6 Å². The Morgan fingerprint density at radius 3 is 2.32 bits per heavy atom. The number of nitrogens with one attached hydrogen (secondary N) is 2. The van der Waals surface area contributed by atoms with Crippen molar-refractivity contribution >= 4 is 23.3 Å². The monoisotopic (exact) mass is 352 g/mol. The van der Waals surface area contributed by atoms with Crippen LogP contribution >= 0.6 is 11.6 Å². The first-order valence-electron chi connectivity index (χ1n) is 7.82. The minimum atomic E-state index is -0.164. The lowest BCUT2D eigenvalue weighted by atomic mass is 10.2. The highest BCUT2D eigenvalue weighted by atomic mass is 35.5. The first-order valence-corrected chi connectivity index (χ1v) is 8.20. The number of nitrogens with zero attached hydrogens (tertiary/aromatic N) is 2. The third kappa shape index (κ3) is 5.02. The highest BCUT2D eigenvalue weighted by molar-refractivity contribution is 6.30. The van der Waals surface area contributed by atoms with Crippen molar-refractivity contribution in [2.45, 2.75) is 13.1 Å². The molecule has 0 aliphatic rings. The second-order valence-corrected chi connectivity index (χ2v) is 5.89. The summed E-state index contributed by atoms with van der Waals surface area (Å²) in [6.45, 7) is 1.09. The molecular weight excluding hydrogens is 336 g/mol. The predicted octanol–water partition coefficient (Wildman–Crippen LogP) is 3.67. The Bertz CT molecular complexity index is 820. The molecule has 0 unspecified atom stereocenters. The van der Waals surface area contributed by atoms with Gasteiger partial charge in [0, 0.05) is 36.7 Å². The van der Waals surface area contributed by atoms with Crippen molar-refractivity contribution in [2.75, 3.05) is 5.32 Å². The number of rotatable bonds is 6. The summed E-state index contributed by atoms with van der Waals surface area (Å²) in [5.74, 6) is 0.550. The molecule has 0 radical (unpaired) electrons. The smallest absolute Gasteiger partial charge is 0.253 e. The first kappa shape index (κ1) is 16.9. The van der Waals surface area contributed by atoms with Crippen molar-refractivity contribution in [2.24, 2.45) is 0 Å². The van der Waals surface area contributed by atoms with Gasteiger partial charge >= 0.3 is 0 Å². The molecule has 0 aliphatic carbocycles. The van der Waals surface area contributed by atoms with Gasteiger partial charge in [0.2, 0.25) is 0 Å². The maximum atomic E-state index is 12.2. The fourth-order valence-electron chi connectivity index (χ4n) is 2.21. The molecule has 0 fully saturated rings. The Labute approximate surface area is 151 Å². The molecule has 126 valence electrons. The summed E-state index contributed by atoms with van der Waals surface area (Å²) in [6.07, 6.45) is 5.06. The Morgan fingerprint density at radius 1 is 0.920 bits per heavy atom. The van der Waals surface area contributed by atoms with Crippen molar-refractivity contribution < 1.29 is 4.79 Å². The fraction of sp³-hybridized carbons (Fsp3) is 0.105. The van der Waals surface area contributed by atoms with Gasteiger partial charge in [-0.3, -0.25) is 9.78 Å². The van der Waals surface area contributed by atoms with Gasteiger partial charge in [-0.1, -0.05) is 23.7 Å². The van der Waals surface area contributed by atoms with Crippen LogP contribution in [0.4, 0.5) is 5.82 Å². The van der Waals surface area contributed by atoms with E-state index >= 15 is 0 Å². The molecule has 1 amide bonds. The van der Waals surface area contributed by atoms with Crippen LogP contribution in [0.2, 0.25) is 5.02 Å². The lowest BCUT2D eigenvalue weighted by Crippen LogP contribution is -2.22. The number of amides is 1. The minimum Gasteiger partial charge on any atom is -0.366 e. The van der Waals surface area contributed by atoms with Crippen molar-refractivity contribution in [3.05, 3.63) is 88.8 Å². The van der Waals surface area contributed by atoms with Gasteiger partial charge in [0.1, 0.15) is 5.82 Å². The average molecular weight is 353 g/mol. The summed E-state index contributed by atoms with van der Waals surface area (Å²) >= 11 is 5.85. The van der Waals surface area contributed by atoms with Gasteiger partial charge in [0.25, 0.3) is 5.91 Å². The summed E-state index contributed by atoms with van der Waals surface area (Å²) in [7, 11) is 0. The number of hydrogen-bond donors (Lipinski definition) is 2. The zero-order valence-corrected chi connectivity index (χ0v) is 14.2. The quantitative estimate of drug-likeness (QED) is 0.710. The molecule has 2 heterocycles. The molecule has 6 heteroatoms. The highest BCUT2D eigenvalue weighted by Gasteiger charge is 2.06. The molecule has 0 saturated heterocycles. The van der Waals surface area contributed by atoms with Crippen molar-refractivity contribution in [1.29, 1.82) is 0 Å². The van der Waals surface area contributed by atoms with Crippen LogP contribution in [0.5, 0.6) is 0 Å². The molecule has 2 aromatic heterocycles. The van der Waals surface area contributed by atoms with E-state index in [1.165, 1.54) is 0 Å². The lowest BCUT2D eigenvalue weighted by Gasteiger charge is -2.08. The molecule has 0 bridgehead atoms. The number of aromatic nitrogens is 2. The van der Waals surface area contributed by atoms with Crippen LogP contribution in [0.1, 0.15) is 21.5 Å². The maximum Gasteiger partial charge on any atom is 0.253 e. The largest absolute Gasteiger partial charge is 0.366 e. The molecule has 3 aromatic rings. The third-order valence-electron chi connectivity index (χ3n) is 3.61. The Kier molecular flexibility index (Phi) is 5.59. The normalized spacial score (nSPS) is 10.3. The van der Waals surface area contributed by atoms with Crippen LogP contribution in [-0.2, 0) is 13.1 Å². The Balaban J connectivity index is 1.52. The first-order chi connectivity index (χ1) is 12.2. The zero-order valence-electron chi connectivity index (χ0n) is 13.4. The Hall–Kier alpha value is -2.92. The zero-order chi connectivity index (χ0) is 17.5. The molecule has 2 N–H and O–H groups in total. The number of benzene rings is 1. The van der Waals surface area contributed by atoms with Crippen LogP contribution in [0, 0.1) is 0 Å². The van der Waals surface area contributed by atoms with Gasteiger partial charge < -0.3 is 10.6 Å². The number of pyridine rings is 2. The molecule has 0 aliphatic heterocycles. The Morgan fingerprint density at radius 2 is 1.64 bits per heavy atom. The van der Waals surface area contributed by atoms with E-state index in [0.717, 1.165) is 11.1 Å². The number of carbonyl (C=O) groups is 1. The predicted molar refractivity (Wildman–Crippen MR) is 98.4 cm³/mol. The van der Waals surface area contributed by atoms with Crippen molar-refractivity contribution in [3.8, 4) is 0 Å². The molecule has 25 heavy (non-hydrogen) atoms. The number of carbonyl (C=O) groups excluding carboxylic acids is 1. The average Bonchev–Trinajstić information content (AvgIpc) is 2.67. The van der Waals surface area contributed by atoms with Gasteiger partial charge in [-0.05, 0) is 47.5 Å². The summed E-state index contributed by atoms with van der Waals surface area (Å²) in [4.78, 5) is 20.4. The topological polar surface area (TPSA) is 66.9 Å². The van der Waals surface area contributed by atoms with Gasteiger partial charge in [-0.2, -0.15) is 0 Å². The van der Waals surface area contributed by atoms with E-state index in [1.54, 1.807) is 42.9 Å². The summed E-state index contributed by atoms with van der Waals surface area (Å²) in [5.41, 5.74) is 2.62. The number of hydrogen-bond acceptors (Lipinski definition) is 4. The standard InChI is InChI=1S/C19H17ClN4O/c20-17-4-1-14(2-5-17)12-24-19(25)16-3-6-18(23-13-16)22-11-15-7-9-21-10-8-15/h1-10,13H,11-12H2,(H,22,23)(H,24,25). The number of halogens is 1. The molecule has 5 nitrogen and oxygen atoms in total. The minimum absolute atomic E-state index is 0.164. The van der Waals surface area contributed by atoms with E-state index in [0.29, 0.717) is 29.5 Å². The third-order valence-corrected chi connectivity index (χ3v) is 3.87. The SMILES string of the molecule is O=C(NCc1ccc(Cl)cc1)c1ccc(NCc2ccncc2)nc1. The van der Waals surface area contributed by atoms with Crippen LogP contribution in [-0.4, -0.2) is 15.9 Å². The van der Waals surface area contributed by atoms with Crippen LogP contribution in [0.3, 0.4) is 0 Å². The van der Waals surface area contributed by atoms with E-state index in [9.17, 15) is 4.79 Å². The van der Waals surface area contributed by atoms with Gasteiger partial charge in [0.15, 0.2) is 0 Å². The number of anilines is 1. The van der Waals surface area contributed by atoms with Crippen LogP contribution in [0.15, 0.2) is 67.1 Å². The molecule has 0 atom stereocenters. The maximum absolute atomic E-state index is 12.2. The van der Waals surface area contributed by atoms with Gasteiger partial charge in [-0.15, -0.1) is 0 Å². The van der Waals surface area contributed by atoms with Crippen molar-refractivity contribution in [3.63, 3.8) is 0 Å². The van der Waals surface area contributed by atoms with Crippen molar-refractivity contribution in [1.82, 2.24) is 15.3 Å². The second kappa shape index (κ2) is 8.26. The van der Waals surface area contributed by atoms with Crippen LogP contribution in [0.25, 0.3) is 0 Å². The molecule has 0 saturated carbocycles. The van der Waals surface area contributed by atoms with Crippen LogP contribution < -0.4 is 10.6 Å². The van der Waals surface area contributed by atoms with E-state index in [1.807, 2.05) is 24.3 Å². The van der Waals surface area contributed by atoms with E-state index in [-0.39, 0.29) is 5.91 Å². The second-order valence-electron chi connectivity index (χ2n) is 5.45. The molecule has 3 rings (SSSR count). The van der Waals surface area contributed by atoms with E-state index in [4.69, 9.17) is 11.6 Å². The molecule has 0 spiro atoms. The fourth-order valence-corrected chi connectivity index (χ4v) is 2.34. The van der Waals surface area contributed by atoms with Gasteiger partial charge in [-0.25, -0.2) is 4.98 Å². The lowest BCUT2D eigenvalue weighted by molar-refractivity contribution is 0.0950. The van der Waals surface area contributed by atoms with E-state index < -0.39 is 0 Å². The molecular formula is C19H17ClN4O.